The van der Waals surface area contributed by atoms with E-state index in [2.05, 4.69) is 45.1 Å². The summed E-state index contributed by atoms with van der Waals surface area (Å²) in [5.41, 5.74) is 1.79. The molecule has 1 amide bonds. The van der Waals surface area contributed by atoms with Crippen LogP contribution in [0.1, 0.15) is 27.2 Å². The van der Waals surface area contributed by atoms with Gasteiger partial charge in [0, 0.05) is 12.1 Å². The molecule has 0 aliphatic carbocycles. The molecule has 0 aliphatic heterocycles. The average Bonchev–Trinajstić information content (AvgIpc) is 2.31. The fourth-order valence-electron chi connectivity index (χ4n) is 1.58. The Kier molecular flexibility index (Phi) is 9.46. The van der Waals surface area contributed by atoms with E-state index in [1.165, 1.54) is 5.57 Å². The van der Waals surface area contributed by atoms with Crippen LogP contribution in [-0.4, -0.2) is 25.7 Å². The molecule has 0 saturated heterocycles. The molecular weight excluding hydrogens is 257 g/mol. The third-order valence-corrected chi connectivity index (χ3v) is 3.64. The van der Waals surface area contributed by atoms with Gasteiger partial charge in [0.25, 0.3) is 0 Å². The van der Waals surface area contributed by atoms with Crippen molar-refractivity contribution in [3.63, 3.8) is 0 Å². The summed E-state index contributed by atoms with van der Waals surface area (Å²) in [4.78, 5) is 11.5. The van der Waals surface area contributed by atoms with Crippen molar-refractivity contribution in [2.75, 3.05) is 19.8 Å². The van der Waals surface area contributed by atoms with Gasteiger partial charge in [-0.15, -0.1) is 6.58 Å². The monoisotopic (exact) mass is 283 g/mol. The number of amides is 1. The van der Waals surface area contributed by atoms with Crippen LogP contribution in [-0.2, 0) is 9.32 Å². The van der Waals surface area contributed by atoms with E-state index in [1.807, 2.05) is 6.66 Å². The zero-order chi connectivity index (χ0) is 14.8. The zero-order valence-electron chi connectivity index (χ0n) is 12.5. The van der Waals surface area contributed by atoms with E-state index < -0.39 is 8.15 Å². The van der Waals surface area contributed by atoms with Gasteiger partial charge in [-0.1, -0.05) is 32.1 Å². The average molecular weight is 283 g/mol. The lowest BCUT2D eigenvalue weighted by atomic mass is 10.1. The maximum atomic E-state index is 11.5. The maximum Gasteiger partial charge on any atom is 0.249 e. The summed E-state index contributed by atoms with van der Waals surface area (Å²) in [7, 11) is -0.644. The van der Waals surface area contributed by atoms with Crippen LogP contribution in [0.2, 0.25) is 0 Å². The quantitative estimate of drug-likeness (QED) is 0.396. The highest BCUT2D eigenvalue weighted by atomic mass is 31.1. The largest absolute Gasteiger partial charge is 0.350 e. The highest BCUT2D eigenvalue weighted by Gasteiger charge is 2.08. The van der Waals surface area contributed by atoms with Crippen LogP contribution in [0, 0.1) is 5.92 Å². The Bertz CT molecular complexity index is 348. The van der Waals surface area contributed by atoms with E-state index >= 15 is 0 Å². The Labute approximate surface area is 118 Å². The molecule has 0 heterocycles. The van der Waals surface area contributed by atoms with Crippen LogP contribution in [0.15, 0.2) is 36.2 Å². The van der Waals surface area contributed by atoms with Crippen molar-refractivity contribution in [3.05, 3.63) is 36.2 Å². The van der Waals surface area contributed by atoms with E-state index in [0.29, 0.717) is 18.0 Å². The van der Waals surface area contributed by atoms with E-state index in [0.717, 1.165) is 6.42 Å². The first-order chi connectivity index (χ1) is 8.86. The van der Waals surface area contributed by atoms with Crippen LogP contribution < -0.4 is 5.32 Å². The Hall–Kier alpha value is -0.920. The number of hydrogen-bond donors (Lipinski definition) is 1. The fraction of sp³-hybridized carbons (Fsp3) is 0.533. The minimum atomic E-state index is -0.644. The number of carbonyl (C=O) groups is 1. The molecule has 1 unspecified atom stereocenters. The van der Waals surface area contributed by atoms with Gasteiger partial charge in [-0.25, -0.2) is 0 Å². The van der Waals surface area contributed by atoms with Crippen molar-refractivity contribution >= 4 is 14.1 Å². The molecule has 3 nitrogen and oxygen atoms in total. The van der Waals surface area contributed by atoms with E-state index in [1.54, 1.807) is 6.08 Å². The van der Waals surface area contributed by atoms with Crippen molar-refractivity contribution in [2.45, 2.75) is 27.2 Å². The Morgan fingerprint density at radius 2 is 2.11 bits per heavy atom. The molecule has 19 heavy (non-hydrogen) atoms. The molecule has 4 heteroatoms. The van der Waals surface area contributed by atoms with Gasteiger partial charge >= 0.3 is 0 Å². The molecule has 0 saturated carbocycles. The van der Waals surface area contributed by atoms with Gasteiger partial charge < -0.3 is 9.84 Å². The van der Waals surface area contributed by atoms with Gasteiger partial charge in [0.2, 0.25) is 5.91 Å². The summed E-state index contributed by atoms with van der Waals surface area (Å²) in [5.74, 6) is 2.63. The van der Waals surface area contributed by atoms with Gasteiger partial charge in [0.05, 0.1) is 14.8 Å². The smallest absolute Gasteiger partial charge is 0.249 e. The summed E-state index contributed by atoms with van der Waals surface area (Å²) >= 11 is 0. The molecular formula is C15H26NO2P. The summed E-state index contributed by atoms with van der Waals surface area (Å²) in [6.07, 6.45) is 2.72. The van der Waals surface area contributed by atoms with Gasteiger partial charge in [-0.05, 0) is 31.7 Å². The van der Waals surface area contributed by atoms with Crippen LogP contribution in [0.3, 0.4) is 0 Å². The predicted molar refractivity (Wildman–Crippen MR) is 84.4 cm³/mol. The molecule has 1 N–H and O–H groups in total. The maximum absolute atomic E-state index is 11.5. The number of nitrogens with one attached hydrogen (secondary N) is 1. The molecule has 0 rings (SSSR count). The van der Waals surface area contributed by atoms with Gasteiger partial charge in [0.1, 0.15) is 0 Å². The van der Waals surface area contributed by atoms with Crippen molar-refractivity contribution in [1.82, 2.24) is 5.32 Å². The number of hydrogen-bond acceptors (Lipinski definition) is 2. The number of rotatable bonds is 9. The standard InChI is InChI=1S/C15H26NO2P/c1-7-8-16-15(17)14(5)10-18-19(6)11-13(4)9-12(2)3/h7,11-12H,1,5,8-10H2,2-4,6H3,(H,16,17)/b13-11-. The second kappa shape index (κ2) is 9.94. The molecule has 0 aromatic carbocycles. The number of allylic oxidation sites excluding steroid dienone is 1. The second-order valence-corrected chi connectivity index (χ2v) is 6.60. The molecule has 0 aromatic rings. The van der Waals surface area contributed by atoms with Crippen molar-refractivity contribution in [2.24, 2.45) is 5.92 Å². The van der Waals surface area contributed by atoms with Gasteiger partial charge in [-0.2, -0.15) is 0 Å². The van der Waals surface area contributed by atoms with Crippen molar-refractivity contribution < 1.29 is 9.32 Å². The van der Waals surface area contributed by atoms with E-state index in [4.69, 9.17) is 4.52 Å². The lowest BCUT2D eigenvalue weighted by Gasteiger charge is -2.12. The minimum absolute atomic E-state index is 0.175. The molecule has 108 valence electrons. The molecule has 0 fully saturated rings. The normalized spacial score (nSPS) is 13.2. The van der Waals surface area contributed by atoms with Crippen LogP contribution in [0.5, 0.6) is 0 Å². The van der Waals surface area contributed by atoms with Crippen molar-refractivity contribution in [1.29, 1.82) is 0 Å². The predicted octanol–water partition coefficient (Wildman–Crippen LogP) is 3.84. The van der Waals surface area contributed by atoms with E-state index in [-0.39, 0.29) is 12.5 Å². The summed E-state index contributed by atoms with van der Waals surface area (Å²) in [6, 6.07) is 0. The molecule has 0 bridgehead atoms. The first-order valence-corrected chi connectivity index (χ1v) is 8.24. The minimum Gasteiger partial charge on any atom is -0.350 e. The second-order valence-electron chi connectivity index (χ2n) is 5.00. The highest BCUT2D eigenvalue weighted by Crippen LogP contribution is 2.36. The molecule has 0 aromatic heterocycles. The first-order valence-electron chi connectivity index (χ1n) is 6.46. The summed E-state index contributed by atoms with van der Waals surface area (Å²) in [5, 5.41) is 2.68. The summed E-state index contributed by atoms with van der Waals surface area (Å²) in [6.45, 7) is 16.5. The topological polar surface area (TPSA) is 38.3 Å². The van der Waals surface area contributed by atoms with Crippen LogP contribution >= 0.6 is 8.15 Å². The fourth-order valence-corrected chi connectivity index (χ4v) is 2.74. The third kappa shape index (κ3) is 9.63. The molecule has 0 aliphatic rings. The lowest BCUT2D eigenvalue weighted by Crippen LogP contribution is -2.26. The zero-order valence-corrected chi connectivity index (χ0v) is 13.4. The Balaban J connectivity index is 4.08. The van der Waals surface area contributed by atoms with Crippen molar-refractivity contribution in [3.8, 4) is 0 Å². The molecule has 0 spiro atoms. The van der Waals surface area contributed by atoms with Gasteiger partial charge in [0.15, 0.2) is 0 Å². The Morgan fingerprint density at radius 1 is 1.47 bits per heavy atom. The first kappa shape index (κ1) is 18.1. The molecule has 0 radical (unpaired) electrons. The molecule has 1 atom stereocenters. The van der Waals surface area contributed by atoms with Crippen LogP contribution in [0.4, 0.5) is 0 Å². The highest BCUT2D eigenvalue weighted by molar-refractivity contribution is 7.55. The number of carbonyl (C=O) groups excluding carboxylic acids is 1. The Morgan fingerprint density at radius 3 is 2.63 bits per heavy atom. The van der Waals surface area contributed by atoms with Crippen LogP contribution in [0.25, 0.3) is 0 Å². The SMILES string of the molecule is C=CCNC(=O)C(=C)COP(C)/C=C(/C)CC(C)C. The lowest BCUT2D eigenvalue weighted by molar-refractivity contribution is -0.117. The summed E-state index contributed by atoms with van der Waals surface area (Å²) < 4.78 is 5.66. The van der Waals surface area contributed by atoms with E-state index in [9.17, 15) is 4.79 Å². The van der Waals surface area contributed by atoms with Gasteiger partial charge in [-0.3, -0.25) is 4.79 Å². The third-order valence-electron chi connectivity index (χ3n) is 2.30.